The second-order valence-corrected chi connectivity index (χ2v) is 5.83. The van der Waals surface area contributed by atoms with Gasteiger partial charge in [0.25, 0.3) is 0 Å². The second-order valence-electron chi connectivity index (χ2n) is 5.83. The Morgan fingerprint density at radius 1 is 0.909 bits per heavy atom. The summed E-state index contributed by atoms with van der Waals surface area (Å²) in [6.07, 6.45) is 1.12. The molecule has 0 spiro atoms. The Hall–Kier alpha value is -1.87. The molecule has 22 heavy (non-hydrogen) atoms. The molecule has 0 atom stereocenters. The van der Waals surface area contributed by atoms with E-state index in [2.05, 4.69) is 4.90 Å². The van der Waals surface area contributed by atoms with Crippen molar-refractivity contribution in [2.75, 3.05) is 26.2 Å². The Labute approximate surface area is 131 Å². The summed E-state index contributed by atoms with van der Waals surface area (Å²) in [4.78, 5) is 2.28. The Balaban J connectivity index is 1.46. The zero-order valence-electron chi connectivity index (χ0n) is 12.7. The van der Waals surface area contributed by atoms with Crippen molar-refractivity contribution in [3.63, 3.8) is 0 Å². The average molecular weight is 299 g/mol. The van der Waals surface area contributed by atoms with Gasteiger partial charge in [0.05, 0.1) is 0 Å². The highest BCUT2D eigenvalue weighted by Crippen LogP contribution is 2.36. The lowest BCUT2D eigenvalue weighted by Gasteiger charge is -2.36. The van der Waals surface area contributed by atoms with Crippen molar-refractivity contribution < 1.29 is 9.13 Å². The largest absolute Gasteiger partial charge is 0.492 e. The summed E-state index contributed by atoms with van der Waals surface area (Å²) in [5, 5.41) is 0. The smallest absolute Gasteiger partial charge is 0.138 e. The highest BCUT2D eigenvalue weighted by Gasteiger charge is 2.35. The summed E-state index contributed by atoms with van der Waals surface area (Å²) in [6.45, 7) is 3.06. The zero-order valence-corrected chi connectivity index (χ0v) is 12.7. The number of nitrogens with zero attached hydrogens (tertiary/aromatic N) is 1. The Morgan fingerprint density at radius 2 is 1.50 bits per heavy atom. The number of alkyl halides is 1. The van der Waals surface area contributed by atoms with E-state index in [1.165, 1.54) is 0 Å². The van der Waals surface area contributed by atoms with Crippen LogP contribution in [0.25, 0.3) is 0 Å². The van der Waals surface area contributed by atoms with Crippen LogP contribution in [0.15, 0.2) is 60.7 Å². The van der Waals surface area contributed by atoms with Gasteiger partial charge in [-0.15, -0.1) is 0 Å². The fourth-order valence-corrected chi connectivity index (χ4v) is 2.97. The van der Waals surface area contributed by atoms with Crippen molar-refractivity contribution in [3.05, 3.63) is 66.2 Å². The van der Waals surface area contributed by atoms with Crippen LogP contribution < -0.4 is 4.74 Å². The minimum Gasteiger partial charge on any atom is -0.492 e. The minimum atomic E-state index is -1.17. The Bertz CT molecular complexity index is 565. The molecular formula is C19H22FNO. The van der Waals surface area contributed by atoms with Gasteiger partial charge >= 0.3 is 0 Å². The molecule has 0 aromatic heterocycles. The molecule has 3 rings (SSSR count). The third-order valence-electron chi connectivity index (χ3n) is 4.36. The molecule has 0 unspecified atom stereocenters. The first-order valence-electron chi connectivity index (χ1n) is 7.91. The maximum absolute atomic E-state index is 15.0. The maximum atomic E-state index is 15.0. The van der Waals surface area contributed by atoms with E-state index < -0.39 is 5.67 Å². The lowest BCUT2D eigenvalue weighted by molar-refractivity contribution is 0.0501. The van der Waals surface area contributed by atoms with Crippen LogP contribution in [0.3, 0.4) is 0 Å². The number of hydrogen-bond donors (Lipinski definition) is 0. The summed E-state index contributed by atoms with van der Waals surface area (Å²) in [5.41, 5.74) is -0.354. The van der Waals surface area contributed by atoms with E-state index in [1.807, 2.05) is 60.7 Å². The molecule has 2 nitrogen and oxygen atoms in total. The van der Waals surface area contributed by atoms with Crippen molar-refractivity contribution >= 4 is 0 Å². The highest BCUT2D eigenvalue weighted by molar-refractivity contribution is 5.23. The monoisotopic (exact) mass is 299 g/mol. The first-order valence-corrected chi connectivity index (χ1v) is 7.91. The van der Waals surface area contributed by atoms with Gasteiger partial charge in [0, 0.05) is 19.6 Å². The van der Waals surface area contributed by atoms with E-state index in [4.69, 9.17) is 4.74 Å². The molecule has 1 saturated heterocycles. The second kappa shape index (κ2) is 6.93. The summed E-state index contributed by atoms with van der Waals surface area (Å²) in [5.74, 6) is 0.892. The normalized spacial score (nSPS) is 18.0. The molecule has 0 saturated carbocycles. The Morgan fingerprint density at radius 3 is 2.14 bits per heavy atom. The molecule has 0 amide bonds. The minimum absolute atomic E-state index is 0.558. The van der Waals surface area contributed by atoms with Gasteiger partial charge in [-0.3, -0.25) is 4.90 Å². The van der Waals surface area contributed by atoms with Crippen LogP contribution in [0.4, 0.5) is 4.39 Å². The SMILES string of the molecule is FC1(c2ccccc2)CCN(CCOc2ccccc2)CC1. The number of para-hydroxylation sites is 1. The quantitative estimate of drug-likeness (QED) is 0.826. The van der Waals surface area contributed by atoms with Crippen LogP contribution >= 0.6 is 0 Å². The summed E-state index contributed by atoms with van der Waals surface area (Å²) >= 11 is 0. The van der Waals surface area contributed by atoms with Crippen molar-refractivity contribution in [1.82, 2.24) is 4.90 Å². The molecule has 1 heterocycles. The fourth-order valence-electron chi connectivity index (χ4n) is 2.97. The third-order valence-corrected chi connectivity index (χ3v) is 4.36. The molecular weight excluding hydrogens is 277 g/mol. The average Bonchev–Trinajstić information content (AvgIpc) is 2.59. The molecule has 116 valence electrons. The van der Waals surface area contributed by atoms with Gasteiger partial charge in [-0.05, 0) is 30.5 Å². The molecule has 0 aliphatic carbocycles. The summed E-state index contributed by atoms with van der Waals surface area (Å²) < 4.78 is 20.7. The van der Waals surface area contributed by atoms with Crippen LogP contribution in [0.5, 0.6) is 5.75 Å². The van der Waals surface area contributed by atoms with Crippen LogP contribution in [0, 0.1) is 0 Å². The molecule has 1 aliphatic heterocycles. The van der Waals surface area contributed by atoms with Crippen molar-refractivity contribution in [3.8, 4) is 5.75 Å². The number of rotatable bonds is 5. The number of likely N-dealkylation sites (tertiary alicyclic amines) is 1. The van der Waals surface area contributed by atoms with E-state index in [9.17, 15) is 0 Å². The first-order chi connectivity index (χ1) is 10.8. The molecule has 1 fully saturated rings. The first kappa shape index (κ1) is 15.0. The molecule has 1 aliphatic rings. The number of halogens is 1. The van der Waals surface area contributed by atoms with Crippen molar-refractivity contribution in [2.45, 2.75) is 18.5 Å². The van der Waals surface area contributed by atoms with Gasteiger partial charge in [-0.25, -0.2) is 4.39 Å². The summed E-state index contributed by atoms with van der Waals surface area (Å²) in [6, 6.07) is 19.4. The lowest BCUT2D eigenvalue weighted by Crippen LogP contribution is -2.41. The van der Waals surface area contributed by atoms with Crippen molar-refractivity contribution in [2.24, 2.45) is 0 Å². The van der Waals surface area contributed by atoms with Gasteiger partial charge in [0.2, 0.25) is 0 Å². The van der Waals surface area contributed by atoms with Crippen molar-refractivity contribution in [1.29, 1.82) is 0 Å². The van der Waals surface area contributed by atoms with Crippen LogP contribution in [0.2, 0.25) is 0 Å². The predicted molar refractivity (Wildman–Crippen MR) is 86.8 cm³/mol. The van der Waals surface area contributed by atoms with Crippen LogP contribution in [0.1, 0.15) is 18.4 Å². The molecule has 2 aromatic carbocycles. The van der Waals surface area contributed by atoms with Gasteiger partial charge in [-0.1, -0.05) is 48.5 Å². The van der Waals surface area contributed by atoms with Gasteiger partial charge in [0.15, 0.2) is 0 Å². The maximum Gasteiger partial charge on any atom is 0.138 e. The van der Waals surface area contributed by atoms with E-state index in [0.717, 1.165) is 30.9 Å². The fraction of sp³-hybridized carbons (Fsp3) is 0.368. The number of piperidine rings is 1. The zero-order chi connectivity index (χ0) is 15.3. The van der Waals surface area contributed by atoms with E-state index >= 15 is 4.39 Å². The lowest BCUT2D eigenvalue weighted by atomic mass is 9.86. The van der Waals surface area contributed by atoms with Gasteiger partial charge in [0.1, 0.15) is 18.0 Å². The standard InChI is InChI=1S/C19H22FNO/c20-19(17-7-3-1-4-8-17)11-13-21(14-12-19)15-16-22-18-9-5-2-6-10-18/h1-10H,11-16H2. The third kappa shape index (κ3) is 3.66. The van der Waals surface area contributed by atoms with E-state index in [1.54, 1.807) is 0 Å². The van der Waals surface area contributed by atoms with Crippen LogP contribution in [-0.2, 0) is 5.67 Å². The molecule has 3 heteroatoms. The summed E-state index contributed by atoms with van der Waals surface area (Å²) in [7, 11) is 0. The number of ether oxygens (including phenoxy) is 1. The number of hydrogen-bond acceptors (Lipinski definition) is 2. The molecule has 0 N–H and O–H groups in total. The van der Waals surface area contributed by atoms with Crippen LogP contribution in [-0.4, -0.2) is 31.1 Å². The molecule has 0 radical (unpaired) electrons. The van der Waals surface area contributed by atoms with Gasteiger partial charge in [-0.2, -0.15) is 0 Å². The Kier molecular flexibility index (Phi) is 4.74. The number of benzene rings is 2. The van der Waals surface area contributed by atoms with Gasteiger partial charge < -0.3 is 4.74 Å². The predicted octanol–water partition coefficient (Wildman–Crippen LogP) is 4.03. The molecule has 2 aromatic rings. The van der Waals surface area contributed by atoms with E-state index in [0.29, 0.717) is 19.4 Å². The molecule has 0 bridgehead atoms. The highest BCUT2D eigenvalue weighted by atomic mass is 19.1. The topological polar surface area (TPSA) is 12.5 Å². The van der Waals surface area contributed by atoms with E-state index in [-0.39, 0.29) is 0 Å².